The van der Waals surface area contributed by atoms with Crippen LogP contribution in [0.2, 0.25) is 0 Å². The molecule has 1 aliphatic rings. The molecule has 0 unspecified atom stereocenters. The Bertz CT molecular complexity index is 846. The van der Waals surface area contributed by atoms with Crippen molar-refractivity contribution in [3.8, 4) is 5.75 Å². The molecule has 1 saturated heterocycles. The Balaban J connectivity index is 1.58. The van der Waals surface area contributed by atoms with E-state index in [1.54, 1.807) is 30.3 Å². The zero-order valence-electron chi connectivity index (χ0n) is 13.0. The molecule has 1 aromatic heterocycles. The molecule has 6 nitrogen and oxygen atoms in total. The number of nitrogens with zero attached hydrogens (tertiary/aromatic N) is 1. The number of thiocarbonyl (C=S) groups is 1. The van der Waals surface area contributed by atoms with E-state index < -0.39 is 0 Å². The minimum atomic E-state index is -0.269. The number of rotatable bonds is 5. The molecule has 0 aliphatic carbocycles. The normalized spacial score (nSPS) is 15.8. The SMILES string of the molecule is O=C(CCN1C(=O)C(=Cc2ccco2)SC1=S)Nc1cccc(O)c1. The van der Waals surface area contributed by atoms with Crippen LogP contribution in [-0.4, -0.2) is 32.7 Å². The van der Waals surface area contributed by atoms with Crippen molar-refractivity contribution in [2.75, 3.05) is 11.9 Å². The van der Waals surface area contributed by atoms with Crippen LogP contribution in [0.3, 0.4) is 0 Å². The molecule has 25 heavy (non-hydrogen) atoms. The number of thioether (sulfide) groups is 1. The van der Waals surface area contributed by atoms with Crippen molar-refractivity contribution in [3.63, 3.8) is 0 Å². The Morgan fingerprint density at radius 2 is 2.20 bits per heavy atom. The maximum atomic E-state index is 12.4. The topological polar surface area (TPSA) is 82.8 Å². The highest BCUT2D eigenvalue weighted by Crippen LogP contribution is 2.32. The molecule has 128 valence electrons. The molecule has 0 bridgehead atoms. The van der Waals surface area contributed by atoms with E-state index in [0.29, 0.717) is 20.7 Å². The molecule has 2 heterocycles. The molecule has 0 radical (unpaired) electrons. The van der Waals surface area contributed by atoms with Gasteiger partial charge in [0.15, 0.2) is 0 Å². The zero-order valence-corrected chi connectivity index (χ0v) is 14.6. The fraction of sp³-hybridized carbons (Fsp3) is 0.118. The molecule has 8 heteroatoms. The number of furan rings is 1. The van der Waals surface area contributed by atoms with Crippen LogP contribution >= 0.6 is 24.0 Å². The Hall–Kier alpha value is -2.58. The first kappa shape index (κ1) is 17.2. The minimum Gasteiger partial charge on any atom is -0.508 e. The first-order chi connectivity index (χ1) is 12.0. The highest BCUT2D eigenvalue weighted by atomic mass is 32.2. The van der Waals surface area contributed by atoms with Crippen LogP contribution < -0.4 is 5.32 Å². The number of amides is 2. The highest BCUT2D eigenvalue weighted by Gasteiger charge is 2.32. The van der Waals surface area contributed by atoms with Gasteiger partial charge in [-0.05, 0) is 24.3 Å². The van der Waals surface area contributed by atoms with E-state index in [-0.39, 0.29) is 30.5 Å². The maximum Gasteiger partial charge on any atom is 0.266 e. The van der Waals surface area contributed by atoms with Gasteiger partial charge in [0.25, 0.3) is 5.91 Å². The second-order valence-electron chi connectivity index (χ2n) is 5.20. The van der Waals surface area contributed by atoms with Gasteiger partial charge in [0, 0.05) is 30.8 Å². The number of aromatic hydroxyl groups is 1. The fourth-order valence-corrected chi connectivity index (χ4v) is 3.50. The summed E-state index contributed by atoms with van der Waals surface area (Å²) in [6.07, 6.45) is 3.25. The van der Waals surface area contributed by atoms with Crippen molar-refractivity contribution < 1.29 is 19.1 Å². The molecule has 2 amide bonds. The Morgan fingerprint density at radius 1 is 1.36 bits per heavy atom. The van der Waals surface area contributed by atoms with Crippen LogP contribution in [-0.2, 0) is 9.59 Å². The lowest BCUT2D eigenvalue weighted by Crippen LogP contribution is -2.31. The number of phenols is 1. The number of carbonyl (C=O) groups is 2. The average molecular weight is 374 g/mol. The zero-order chi connectivity index (χ0) is 17.8. The van der Waals surface area contributed by atoms with Crippen molar-refractivity contribution in [2.45, 2.75) is 6.42 Å². The Labute approximate surface area is 153 Å². The lowest BCUT2D eigenvalue weighted by Gasteiger charge is -2.14. The summed E-state index contributed by atoms with van der Waals surface area (Å²) in [7, 11) is 0. The number of nitrogens with one attached hydrogen (secondary N) is 1. The number of hydrogen-bond acceptors (Lipinski definition) is 6. The van der Waals surface area contributed by atoms with Gasteiger partial charge >= 0.3 is 0 Å². The second-order valence-corrected chi connectivity index (χ2v) is 6.87. The highest BCUT2D eigenvalue weighted by molar-refractivity contribution is 8.26. The van der Waals surface area contributed by atoms with Crippen LogP contribution in [0.15, 0.2) is 52.0 Å². The summed E-state index contributed by atoms with van der Waals surface area (Å²) in [6.45, 7) is 0.185. The van der Waals surface area contributed by atoms with Crippen LogP contribution in [0.1, 0.15) is 12.2 Å². The van der Waals surface area contributed by atoms with Gasteiger partial charge in [-0.15, -0.1) is 0 Å². The molecule has 3 rings (SSSR count). The van der Waals surface area contributed by atoms with Crippen molar-refractivity contribution >= 4 is 51.9 Å². The predicted octanol–water partition coefficient (Wildman–Crippen LogP) is 3.22. The average Bonchev–Trinajstić information content (AvgIpc) is 3.15. The monoisotopic (exact) mass is 374 g/mol. The standard InChI is InChI=1S/C17H14N2O4S2/c20-12-4-1-3-11(9-12)18-15(21)6-7-19-16(22)14(25-17(19)24)10-13-5-2-8-23-13/h1-5,8-10,20H,6-7H2,(H,18,21). The van der Waals surface area contributed by atoms with Gasteiger partial charge in [0.2, 0.25) is 5.91 Å². The molecule has 2 N–H and O–H groups in total. The van der Waals surface area contributed by atoms with Crippen molar-refractivity contribution in [1.29, 1.82) is 0 Å². The summed E-state index contributed by atoms with van der Waals surface area (Å²) >= 11 is 6.40. The maximum absolute atomic E-state index is 12.4. The largest absolute Gasteiger partial charge is 0.508 e. The van der Waals surface area contributed by atoms with Gasteiger partial charge < -0.3 is 14.8 Å². The number of carbonyl (C=O) groups excluding carboxylic acids is 2. The second kappa shape index (κ2) is 7.54. The number of benzene rings is 1. The lowest BCUT2D eigenvalue weighted by molar-refractivity contribution is -0.122. The van der Waals surface area contributed by atoms with Crippen LogP contribution in [0.4, 0.5) is 5.69 Å². The molecule has 1 aromatic carbocycles. The van der Waals surface area contributed by atoms with Gasteiger partial charge in [-0.1, -0.05) is 30.0 Å². The summed E-state index contributed by atoms with van der Waals surface area (Å²) < 4.78 is 5.61. The van der Waals surface area contributed by atoms with Crippen LogP contribution in [0.5, 0.6) is 5.75 Å². The van der Waals surface area contributed by atoms with Crippen LogP contribution in [0, 0.1) is 0 Å². The van der Waals surface area contributed by atoms with Gasteiger partial charge in [-0.2, -0.15) is 0 Å². The van der Waals surface area contributed by atoms with E-state index in [9.17, 15) is 14.7 Å². The van der Waals surface area contributed by atoms with Gasteiger partial charge in [-0.3, -0.25) is 14.5 Å². The Kier molecular flexibility index (Phi) is 5.20. The molecular weight excluding hydrogens is 360 g/mol. The summed E-state index contributed by atoms with van der Waals surface area (Å²) in [5.41, 5.74) is 0.494. The first-order valence-corrected chi connectivity index (χ1v) is 8.63. The smallest absolute Gasteiger partial charge is 0.266 e. The van der Waals surface area contributed by atoms with Crippen molar-refractivity contribution in [3.05, 3.63) is 53.3 Å². The first-order valence-electron chi connectivity index (χ1n) is 7.41. The lowest BCUT2D eigenvalue weighted by atomic mass is 10.3. The van der Waals surface area contributed by atoms with E-state index in [1.165, 1.54) is 35.1 Å². The van der Waals surface area contributed by atoms with E-state index in [2.05, 4.69) is 5.32 Å². The van der Waals surface area contributed by atoms with Gasteiger partial charge in [-0.25, -0.2) is 0 Å². The Morgan fingerprint density at radius 3 is 2.92 bits per heavy atom. The molecule has 0 spiro atoms. The van der Waals surface area contributed by atoms with E-state index in [0.717, 1.165) is 0 Å². The molecule has 1 aliphatic heterocycles. The summed E-state index contributed by atoms with van der Waals surface area (Å²) in [4.78, 5) is 26.3. The predicted molar refractivity (Wildman–Crippen MR) is 99.9 cm³/mol. The molecule has 0 atom stereocenters. The third kappa shape index (κ3) is 4.28. The van der Waals surface area contributed by atoms with E-state index in [4.69, 9.17) is 16.6 Å². The summed E-state index contributed by atoms with van der Waals surface area (Å²) in [5, 5.41) is 12.1. The van der Waals surface area contributed by atoms with E-state index >= 15 is 0 Å². The molecule has 0 saturated carbocycles. The molecular formula is C17H14N2O4S2. The summed E-state index contributed by atoms with van der Waals surface area (Å²) in [5.74, 6) is 0.131. The van der Waals surface area contributed by atoms with Gasteiger partial charge in [0.05, 0.1) is 11.2 Å². The third-order valence-electron chi connectivity index (χ3n) is 3.38. The van der Waals surface area contributed by atoms with Gasteiger partial charge in [0.1, 0.15) is 15.8 Å². The number of hydrogen-bond donors (Lipinski definition) is 2. The number of anilines is 1. The quantitative estimate of drug-likeness (QED) is 0.618. The van der Waals surface area contributed by atoms with E-state index in [1.807, 2.05) is 0 Å². The van der Waals surface area contributed by atoms with Crippen molar-refractivity contribution in [1.82, 2.24) is 4.90 Å². The molecule has 1 fully saturated rings. The fourth-order valence-electron chi connectivity index (χ4n) is 2.22. The van der Waals surface area contributed by atoms with Crippen molar-refractivity contribution in [2.24, 2.45) is 0 Å². The number of phenolic OH excluding ortho intramolecular Hbond substituents is 1. The van der Waals surface area contributed by atoms with Crippen LogP contribution in [0.25, 0.3) is 6.08 Å². The minimum absolute atomic E-state index is 0.0674. The third-order valence-corrected chi connectivity index (χ3v) is 4.76. The molecule has 2 aromatic rings. The summed E-state index contributed by atoms with van der Waals surface area (Å²) in [6, 6.07) is 9.74.